The van der Waals surface area contributed by atoms with E-state index in [1.165, 1.54) is 0 Å². The Labute approximate surface area is 196 Å². The number of ether oxygens (including phenoxy) is 1. The average Bonchev–Trinajstić information content (AvgIpc) is 2.83. The molecule has 0 amide bonds. The summed E-state index contributed by atoms with van der Waals surface area (Å²) in [5.41, 5.74) is 3.86. The highest BCUT2D eigenvalue weighted by Gasteiger charge is 2.13. The lowest BCUT2D eigenvalue weighted by Gasteiger charge is -2.17. The molecule has 168 valence electrons. The molecule has 3 nitrogen and oxygen atoms in total. The summed E-state index contributed by atoms with van der Waals surface area (Å²) in [6.45, 7) is 8.44. The first kappa shape index (κ1) is 23.9. The average molecular weight is 450 g/mol. The maximum Gasteiger partial charge on any atom is 0.119 e. The third-order valence-electron chi connectivity index (χ3n) is 5.58. The van der Waals surface area contributed by atoms with Crippen LogP contribution in [0.15, 0.2) is 78.9 Å². The number of halogens is 1. The first-order chi connectivity index (χ1) is 15.6. The number of rotatable bonds is 11. The fourth-order valence-corrected chi connectivity index (χ4v) is 4.01. The van der Waals surface area contributed by atoms with Gasteiger partial charge >= 0.3 is 0 Å². The van der Waals surface area contributed by atoms with Gasteiger partial charge in [0.05, 0.1) is 11.6 Å². The Morgan fingerprint density at radius 3 is 2.00 bits per heavy atom. The van der Waals surface area contributed by atoms with Crippen LogP contribution in [-0.4, -0.2) is 36.2 Å². The van der Waals surface area contributed by atoms with Crippen molar-refractivity contribution < 1.29 is 9.84 Å². The molecule has 3 aromatic rings. The summed E-state index contributed by atoms with van der Waals surface area (Å²) in [6.07, 6.45) is 2.18. The topological polar surface area (TPSA) is 32.7 Å². The molecule has 0 aromatic heterocycles. The quantitative estimate of drug-likeness (QED) is 0.251. The van der Waals surface area contributed by atoms with Gasteiger partial charge in [-0.05, 0) is 85.6 Å². The zero-order chi connectivity index (χ0) is 22.8. The highest BCUT2D eigenvalue weighted by atomic mass is 35.5. The Kier molecular flexibility index (Phi) is 9.21. The van der Waals surface area contributed by atoms with E-state index in [-0.39, 0.29) is 5.75 Å². The van der Waals surface area contributed by atoms with E-state index in [2.05, 4.69) is 43.0 Å². The van der Waals surface area contributed by atoms with Gasteiger partial charge in [-0.1, -0.05) is 67.9 Å². The van der Waals surface area contributed by atoms with Crippen LogP contribution < -0.4 is 4.74 Å². The Morgan fingerprint density at radius 2 is 1.38 bits per heavy atom. The van der Waals surface area contributed by atoms with E-state index >= 15 is 0 Å². The van der Waals surface area contributed by atoms with Crippen LogP contribution in [0.1, 0.15) is 43.4 Å². The zero-order valence-corrected chi connectivity index (χ0v) is 19.7. The number of nitrogens with zero attached hydrogens (tertiary/aromatic N) is 1. The molecule has 0 aliphatic carbocycles. The van der Waals surface area contributed by atoms with Gasteiger partial charge in [0.2, 0.25) is 0 Å². The van der Waals surface area contributed by atoms with Gasteiger partial charge in [0, 0.05) is 5.57 Å². The Hall–Kier alpha value is -2.75. The molecule has 3 rings (SSSR count). The number of hydrogen-bond donors (Lipinski definition) is 1. The number of aromatic hydroxyl groups is 1. The summed E-state index contributed by atoms with van der Waals surface area (Å²) in [4.78, 5) is 2.43. The number of phenols is 1. The molecule has 0 bridgehead atoms. The molecular weight excluding hydrogens is 418 g/mol. The van der Waals surface area contributed by atoms with E-state index in [0.29, 0.717) is 5.03 Å². The maximum atomic E-state index is 9.62. The smallest absolute Gasteiger partial charge is 0.119 e. The molecule has 1 N–H and O–H groups in total. The van der Waals surface area contributed by atoms with Crippen molar-refractivity contribution in [3.05, 3.63) is 95.6 Å². The second-order valence-corrected chi connectivity index (χ2v) is 8.09. The summed E-state index contributed by atoms with van der Waals surface area (Å²) in [5, 5.41) is 10.3. The highest BCUT2D eigenvalue weighted by Crippen LogP contribution is 2.35. The van der Waals surface area contributed by atoms with Gasteiger partial charge in [-0.25, -0.2) is 0 Å². The second-order valence-electron chi connectivity index (χ2n) is 7.71. The van der Waals surface area contributed by atoms with E-state index in [0.717, 1.165) is 67.1 Å². The Morgan fingerprint density at radius 1 is 0.781 bits per heavy atom. The molecule has 32 heavy (non-hydrogen) atoms. The lowest BCUT2D eigenvalue weighted by atomic mass is 9.95. The van der Waals surface area contributed by atoms with Crippen molar-refractivity contribution in [1.82, 2.24) is 4.90 Å². The van der Waals surface area contributed by atoms with E-state index in [9.17, 15) is 5.11 Å². The van der Waals surface area contributed by atoms with Crippen LogP contribution in [0.3, 0.4) is 0 Å². The molecule has 0 saturated carbocycles. The normalized spacial score (nSPS) is 12.0. The van der Waals surface area contributed by atoms with Crippen LogP contribution >= 0.6 is 11.6 Å². The fourth-order valence-electron chi connectivity index (χ4n) is 3.66. The minimum atomic E-state index is 0.220. The van der Waals surface area contributed by atoms with Crippen LogP contribution in [-0.2, 0) is 0 Å². The predicted octanol–water partition coefficient (Wildman–Crippen LogP) is 7.05. The molecule has 0 aliphatic heterocycles. The van der Waals surface area contributed by atoms with Crippen molar-refractivity contribution in [2.75, 3.05) is 26.2 Å². The van der Waals surface area contributed by atoms with Crippen LogP contribution in [0.2, 0.25) is 0 Å². The lowest BCUT2D eigenvalue weighted by Crippen LogP contribution is -2.24. The first-order valence-corrected chi connectivity index (χ1v) is 11.7. The van der Waals surface area contributed by atoms with Gasteiger partial charge in [0.25, 0.3) is 0 Å². The van der Waals surface area contributed by atoms with Crippen molar-refractivity contribution in [1.29, 1.82) is 0 Å². The molecule has 0 aliphatic rings. The second kappa shape index (κ2) is 12.3. The number of unbranched alkanes of at least 4 members (excludes halogenated alkanes) is 1. The standard InChI is InChI=1S/C28H32ClNO2/c1-3-30(4-2)20-8-9-21-32-26-18-14-23(15-19-26)27(22-10-6-5-7-11-22)28(29)24-12-16-25(31)17-13-24/h5-7,10-19,31H,3-4,8-9,20-21H2,1-2H3/b28-27-. The fraction of sp³-hybridized carbons (Fsp3) is 0.286. The highest BCUT2D eigenvalue weighted by molar-refractivity contribution is 6.53. The van der Waals surface area contributed by atoms with Crippen molar-refractivity contribution >= 4 is 22.2 Å². The molecule has 0 saturated heterocycles. The van der Waals surface area contributed by atoms with Crippen molar-refractivity contribution in [2.24, 2.45) is 0 Å². The molecule has 0 fully saturated rings. The van der Waals surface area contributed by atoms with E-state index < -0.39 is 0 Å². The summed E-state index contributed by atoms with van der Waals surface area (Å²) in [7, 11) is 0. The zero-order valence-electron chi connectivity index (χ0n) is 18.9. The SMILES string of the molecule is CCN(CC)CCCCOc1ccc(/C(=C(\Cl)c2ccc(O)cc2)c2ccccc2)cc1. The van der Waals surface area contributed by atoms with Gasteiger partial charge in [-0.2, -0.15) is 0 Å². The molecule has 0 radical (unpaired) electrons. The molecule has 4 heteroatoms. The van der Waals surface area contributed by atoms with Gasteiger partial charge < -0.3 is 14.7 Å². The van der Waals surface area contributed by atoms with E-state index in [1.54, 1.807) is 12.1 Å². The van der Waals surface area contributed by atoms with Crippen LogP contribution in [0, 0.1) is 0 Å². The summed E-state index contributed by atoms with van der Waals surface area (Å²) in [5.74, 6) is 1.09. The summed E-state index contributed by atoms with van der Waals surface area (Å²) in [6, 6.07) is 25.2. The minimum Gasteiger partial charge on any atom is -0.508 e. The maximum absolute atomic E-state index is 9.62. The van der Waals surface area contributed by atoms with Crippen LogP contribution in [0.4, 0.5) is 0 Å². The van der Waals surface area contributed by atoms with Crippen molar-refractivity contribution in [3.8, 4) is 11.5 Å². The molecule has 0 spiro atoms. The predicted molar refractivity (Wildman–Crippen MR) is 135 cm³/mol. The van der Waals surface area contributed by atoms with E-state index in [4.69, 9.17) is 16.3 Å². The third kappa shape index (κ3) is 6.62. The monoisotopic (exact) mass is 449 g/mol. The summed E-state index contributed by atoms with van der Waals surface area (Å²) >= 11 is 6.86. The van der Waals surface area contributed by atoms with Gasteiger partial charge in [-0.3, -0.25) is 0 Å². The molecular formula is C28H32ClNO2. The van der Waals surface area contributed by atoms with E-state index in [1.807, 2.05) is 42.5 Å². The Balaban J connectivity index is 1.74. The largest absolute Gasteiger partial charge is 0.508 e. The number of phenolic OH excluding ortho intramolecular Hbond substituents is 1. The van der Waals surface area contributed by atoms with Crippen molar-refractivity contribution in [2.45, 2.75) is 26.7 Å². The number of benzene rings is 3. The molecule has 0 unspecified atom stereocenters. The van der Waals surface area contributed by atoms with Crippen molar-refractivity contribution in [3.63, 3.8) is 0 Å². The lowest BCUT2D eigenvalue weighted by molar-refractivity contribution is 0.266. The molecule has 3 aromatic carbocycles. The third-order valence-corrected chi connectivity index (χ3v) is 5.98. The van der Waals surface area contributed by atoms with Crippen LogP contribution in [0.5, 0.6) is 11.5 Å². The van der Waals surface area contributed by atoms with Gasteiger partial charge in [0.15, 0.2) is 0 Å². The van der Waals surface area contributed by atoms with Crippen LogP contribution in [0.25, 0.3) is 10.6 Å². The molecule has 0 heterocycles. The number of hydrogen-bond acceptors (Lipinski definition) is 3. The summed E-state index contributed by atoms with van der Waals surface area (Å²) < 4.78 is 5.96. The van der Waals surface area contributed by atoms with Gasteiger partial charge in [0.1, 0.15) is 11.5 Å². The van der Waals surface area contributed by atoms with Gasteiger partial charge in [-0.15, -0.1) is 0 Å². The minimum absolute atomic E-state index is 0.220. The first-order valence-electron chi connectivity index (χ1n) is 11.3. The Bertz CT molecular complexity index is 978. The molecule has 0 atom stereocenters.